The normalized spacial score (nSPS) is 12.2. The van der Waals surface area contributed by atoms with Crippen molar-refractivity contribution in [3.63, 3.8) is 0 Å². The summed E-state index contributed by atoms with van der Waals surface area (Å²) in [6.45, 7) is 3.86. The van der Waals surface area contributed by atoms with Crippen LogP contribution in [0.2, 0.25) is 0 Å². The molecular weight excluding hydrogens is 462 g/mol. The molecule has 34 heavy (non-hydrogen) atoms. The van der Waals surface area contributed by atoms with Crippen molar-refractivity contribution < 1.29 is 9.59 Å². The second-order valence-corrected chi connectivity index (χ2v) is 10.2. The molecule has 192 valence electrons. The Bertz CT molecular complexity index is 644. The summed E-state index contributed by atoms with van der Waals surface area (Å²) in [6.07, 6.45) is 29.7. The first-order valence-corrected chi connectivity index (χ1v) is 14.9. The van der Waals surface area contributed by atoms with Crippen molar-refractivity contribution in [1.29, 1.82) is 0 Å². The molecule has 0 aliphatic carbocycles. The number of nitrogens with two attached hydrogens (primary N) is 1. The molecule has 4 N–H and O–H groups in total. The molecule has 0 aliphatic rings. The minimum absolute atomic E-state index is 0.00458. The maximum atomic E-state index is 11.8. The largest absolute Gasteiger partial charge is 0.355 e. The maximum absolute atomic E-state index is 11.8. The summed E-state index contributed by atoms with van der Waals surface area (Å²) >= 11 is 0. The molecule has 0 saturated carbocycles. The molecule has 0 rings (SSSR count). The van der Waals surface area contributed by atoms with Crippen molar-refractivity contribution in [2.45, 2.75) is 64.7 Å². The Kier molecular flexibility index (Phi) is 26.2. The van der Waals surface area contributed by atoms with E-state index >= 15 is 0 Å². The zero-order chi connectivity index (χ0) is 25.0. The molecule has 0 saturated heterocycles. The minimum atomic E-state index is 0.00458. The summed E-state index contributed by atoms with van der Waals surface area (Å²) in [5.74, 6) is 1.83. The Hall–Kier alpha value is -1.70. The molecule has 0 spiro atoms. The fourth-order valence-electron chi connectivity index (χ4n) is 2.64. The second kappa shape index (κ2) is 27.5. The number of allylic oxidation sites excluding steroid dienone is 10. The van der Waals surface area contributed by atoms with Gasteiger partial charge in [0.1, 0.15) is 0 Å². The fraction of sp³-hybridized carbons (Fsp3) is 0.556. The van der Waals surface area contributed by atoms with Crippen LogP contribution in [0, 0.1) is 0 Å². The number of nitrogens with one attached hydrogen (secondary N) is 2. The fourth-order valence-corrected chi connectivity index (χ4v) is 4.45. The van der Waals surface area contributed by atoms with E-state index in [1.54, 1.807) is 21.6 Å². The number of hydrogen-bond donors (Lipinski definition) is 3. The van der Waals surface area contributed by atoms with Crippen LogP contribution in [0.5, 0.6) is 0 Å². The molecule has 2 amide bonds. The zero-order valence-corrected chi connectivity index (χ0v) is 22.5. The predicted molar refractivity (Wildman–Crippen MR) is 153 cm³/mol. The lowest BCUT2D eigenvalue weighted by molar-refractivity contribution is -0.121. The van der Waals surface area contributed by atoms with Gasteiger partial charge in [0.05, 0.1) is 0 Å². The van der Waals surface area contributed by atoms with Crippen molar-refractivity contribution in [2.75, 3.05) is 31.1 Å². The number of amides is 2. The first-order chi connectivity index (χ1) is 16.7. The van der Waals surface area contributed by atoms with Crippen molar-refractivity contribution >= 4 is 33.4 Å². The van der Waals surface area contributed by atoms with E-state index in [1.807, 2.05) is 0 Å². The van der Waals surface area contributed by atoms with Gasteiger partial charge in [-0.1, -0.05) is 89.3 Å². The summed E-state index contributed by atoms with van der Waals surface area (Å²) in [7, 11) is 3.41. The average molecular weight is 508 g/mol. The Morgan fingerprint density at radius 2 is 1.12 bits per heavy atom. The van der Waals surface area contributed by atoms with Gasteiger partial charge in [-0.05, 0) is 44.9 Å². The standard InChI is InChI=1S/C27H45N3O2S2/c1-2-3-4-5-6-7-8-9-10-11-12-13-14-15-16-17-18-19-26(31)29-22-24-33-34-25-23-30-27(32)20-21-28/h3-4,6-7,9-10,12-13,15-16H,2,5,8,11,14,17-25,28H2,1H3,(H,29,31)(H,30,32)/b4-3-,7-6-,10-9-,13-12-,16-15-. The van der Waals surface area contributed by atoms with Gasteiger partial charge in [-0.3, -0.25) is 9.59 Å². The highest BCUT2D eigenvalue weighted by Gasteiger charge is 2.00. The van der Waals surface area contributed by atoms with E-state index in [0.29, 0.717) is 32.5 Å². The van der Waals surface area contributed by atoms with Crippen LogP contribution in [-0.2, 0) is 9.59 Å². The van der Waals surface area contributed by atoms with E-state index < -0.39 is 0 Å². The second-order valence-electron chi connectivity index (χ2n) is 7.48. The van der Waals surface area contributed by atoms with Crippen molar-refractivity contribution in [2.24, 2.45) is 5.73 Å². The SMILES string of the molecule is CC/C=C\C/C=C\C/C=C\C/C=C\C/C=C\CCCC(=O)NCCSSCCNC(=O)CCN. The molecule has 0 aromatic carbocycles. The average Bonchev–Trinajstić information content (AvgIpc) is 2.83. The number of carbonyl (C=O) groups is 2. The van der Waals surface area contributed by atoms with E-state index in [1.165, 1.54) is 0 Å². The maximum Gasteiger partial charge on any atom is 0.221 e. The van der Waals surface area contributed by atoms with E-state index in [9.17, 15) is 9.59 Å². The number of hydrogen-bond acceptors (Lipinski definition) is 5. The number of carbonyl (C=O) groups excluding carboxylic acids is 2. The van der Waals surface area contributed by atoms with Crippen LogP contribution in [0.25, 0.3) is 0 Å². The van der Waals surface area contributed by atoms with Gasteiger partial charge in [-0.15, -0.1) is 0 Å². The molecule has 0 radical (unpaired) electrons. The monoisotopic (exact) mass is 507 g/mol. The van der Waals surface area contributed by atoms with Gasteiger partial charge in [0.2, 0.25) is 11.8 Å². The molecule has 0 atom stereocenters. The van der Waals surface area contributed by atoms with E-state index in [0.717, 1.165) is 56.5 Å². The van der Waals surface area contributed by atoms with Gasteiger partial charge >= 0.3 is 0 Å². The lowest BCUT2D eigenvalue weighted by Gasteiger charge is -2.05. The molecule has 5 nitrogen and oxygen atoms in total. The lowest BCUT2D eigenvalue weighted by atomic mass is 10.2. The van der Waals surface area contributed by atoms with E-state index in [2.05, 4.69) is 78.3 Å². The van der Waals surface area contributed by atoms with Gasteiger partial charge in [-0.2, -0.15) is 0 Å². The smallest absolute Gasteiger partial charge is 0.221 e. The van der Waals surface area contributed by atoms with Gasteiger partial charge in [0, 0.05) is 44.0 Å². The summed E-state index contributed by atoms with van der Waals surface area (Å²) in [6, 6.07) is 0. The topological polar surface area (TPSA) is 84.2 Å². The van der Waals surface area contributed by atoms with Crippen molar-refractivity contribution in [1.82, 2.24) is 10.6 Å². The third-order valence-electron chi connectivity index (χ3n) is 4.40. The number of rotatable bonds is 22. The summed E-state index contributed by atoms with van der Waals surface area (Å²) in [4.78, 5) is 23.1. The molecule has 0 bridgehead atoms. The Morgan fingerprint density at radius 1 is 0.676 bits per heavy atom. The summed E-state index contributed by atoms with van der Waals surface area (Å²) in [5.41, 5.74) is 5.32. The molecule has 0 aliphatic heterocycles. The molecule has 0 aromatic rings. The van der Waals surface area contributed by atoms with Crippen LogP contribution >= 0.6 is 21.6 Å². The summed E-state index contributed by atoms with van der Waals surface area (Å²) in [5, 5.41) is 5.78. The van der Waals surface area contributed by atoms with Crippen molar-refractivity contribution in [3.05, 3.63) is 60.8 Å². The Labute approximate surface area is 215 Å². The van der Waals surface area contributed by atoms with Crippen LogP contribution in [-0.4, -0.2) is 43.0 Å². The third-order valence-corrected chi connectivity index (χ3v) is 6.81. The van der Waals surface area contributed by atoms with Gasteiger partial charge < -0.3 is 16.4 Å². The third kappa shape index (κ3) is 26.6. The van der Waals surface area contributed by atoms with Crippen molar-refractivity contribution in [3.8, 4) is 0 Å². The van der Waals surface area contributed by atoms with Crippen LogP contribution in [0.15, 0.2) is 60.8 Å². The van der Waals surface area contributed by atoms with Crippen LogP contribution < -0.4 is 16.4 Å². The molecule has 0 aromatic heterocycles. The highest BCUT2D eigenvalue weighted by Crippen LogP contribution is 2.19. The lowest BCUT2D eigenvalue weighted by Crippen LogP contribution is -2.27. The highest BCUT2D eigenvalue weighted by molar-refractivity contribution is 8.76. The van der Waals surface area contributed by atoms with Crippen LogP contribution in [0.3, 0.4) is 0 Å². The first kappa shape index (κ1) is 32.3. The van der Waals surface area contributed by atoms with Crippen LogP contribution in [0.1, 0.15) is 64.7 Å². The molecule has 0 unspecified atom stereocenters. The van der Waals surface area contributed by atoms with Gasteiger partial charge in [-0.25, -0.2) is 0 Å². The first-order valence-electron chi connectivity index (χ1n) is 12.4. The molecular formula is C27H45N3O2S2. The zero-order valence-electron chi connectivity index (χ0n) is 20.9. The Balaban J connectivity index is 3.46. The van der Waals surface area contributed by atoms with Gasteiger partial charge in [0.25, 0.3) is 0 Å². The predicted octanol–water partition coefficient (Wildman–Crippen LogP) is 5.87. The highest BCUT2D eigenvalue weighted by atomic mass is 33.1. The van der Waals surface area contributed by atoms with E-state index in [4.69, 9.17) is 5.73 Å². The quantitative estimate of drug-likeness (QED) is 0.0969. The van der Waals surface area contributed by atoms with Crippen LogP contribution in [0.4, 0.5) is 0 Å². The number of unbranched alkanes of at least 4 members (excludes halogenated alkanes) is 1. The molecule has 0 heterocycles. The molecule has 7 heteroatoms. The minimum Gasteiger partial charge on any atom is -0.355 e. The van der Waals surface area contributed by atoms with E-state index in [-0.39, 0.29) is 11.8 Å². The summed E-state index contributed by atoms with van der Waals surface area (Å²) < 4.78 is 0. The Morgan fingerprint density at radius 3 is 1.59 bits per heavy atom. The van der Waals surface area contributed by atoms with Gasteiger partial charge in [0.15, 0.2) is 0 Å². The molecule has 0 fully saturated rings.